The predicted molar refractivity (Wildman–Crippen MR) is 88.4 cm³/mol. The molecule has 6 heteroatoms. The topological polar surface area (TPSA) is 79.5 Å². The lowest BCUT2D eigenvalue weighted by Gasteiger charge is -2.22. The molecule has 0 aliphatic heterocycles. The number of phenolic OH excluding ortho intramolecular Hbond substituents is 1. The van der Waals surface area contributed by atoms with Crippen LogP contribution in [-0.2, 0) is 19.2 Å². The Hall–Kier alpha value is -2.05. The summed E-state index contributed by atoms with van der Waals surface area (Å²) < 4.78 is 7.14. The molecular weight excluding hydrogens is 294 g/mol. The molecule has 0 saturated heterocycles. The summed E-state index contributed by atoms with van der Waals surface area (Å²) in [6, 6.07) is 5.28. The van der Waals surface area contributed by atoms with E-state index in [-0.39, 0.29) is 5.75 Å². The van der Waals surface area contributed by atoms with E-state index in [0.29, 0.717) is 25.4 Å². The van der Waals surface area contributed by atoms with Crippen LogP contribution in [0.3, 0.4) is 0 Å². The van der Waals surface area contributed by atoms with Gasteiger partial charge in [0.2, 0.25) is 0 Å². The van der Waals surface area contributed by atoms with Crippen molar-refractivity contribution in [3.05, 3.63) is 41.7 Å². The number of rotatable bonds is 8. The molecule has 0 fully saturated rings. The van der Waals surface area contributed by atoms with Gasteiger partial charge in [0.1, 0.15) is 17.1 Å². The van der Waals surface area contributed by atoms with Gasteiger partial charge in [-0.15, -0.1) is 0 Å². The average Bonchev–Trinajstić information content (AvgIpc) is 2.94. The second-order valence-corrected chi connectivity index (χ2v) is 5.92. The van der Waals surface area contributed by atoms with Crippen LogP contribution < -0.4 is 10.1 Å². The van der Waals surface area contributed by atoms with Gasteiger partial charge in [0.05, 0.1) is 12.8 Å². The van der Waals surface area contributed by atoms with Crippen LogP contribution in [0.5, 0.6) is 11.5 Å². The highest BCUT2D eigenvalue weighted by molar-refractivity contribution is 5.39. The summed E-state index contributed by atoms with van der Waals surface area (Å²) in [7, 11) is 1.81. The Labute approximate surface area is 136 Å². The number of nitrogens with one attached hydrogen (secondary N) is 1. The van der Waals surface area contributed by atoms with Gasteiger partial charge >= 0.3 is 0 Å². The number of aromatic hydroxyl groups is 1. The molecule has 1 aromatic carbocycles. The number of aliphatic hydroxyl groups is 1. The number of benzene rings is 1. The van der Waals surface area contributed by atoms with Gasteiger partial charge in [0.15, 0.2) is 0 Å². The Morgan fingerprint density at radius 1 is 1.39 bits per heavy atom. The van der Waals surface area contributed by atoms with Crippen molar-refractivity contribution in [1.82, 2.24) is 15.1 Å². The molecule has 0 radical (unpaired) electrons. The summed E-state index contributed by atoms with van der Waals surface area (Å²) in [6.07, 6.45) is 4.37. The second kappa shape index (κ2) is 7.48. The molecular formula is C17H25N3O3. The summed E-state index contributed by atoms with van der Waals surface area (Å²) in [6.45, 7) is 5.21. The third-order valence-electron chi connectivity index (χ3n) is 3.64. The molecule has 0 saturated carbocycles. The maximum atomic E-state index is 10.5. The van der Waals surface area contributed by atoms with E-state index in [0.717, 1.165) is 17.5 Å². The molecule has 0 aliphatic carbocycles. The molecule has 0 spiro atoms. The minimum atomic E-state index is -1.02. The minimum absolute atomic E-state index is 0.187. The van der Waals surface area contributed by atoms with E-state index in [9.17, 15) is 10.2 Å². The fourth-order valence-corrected chi connectivity index (χ4v) is 2.24. The van der Waals surface area contributed by atoms with Crippen LogP contribution in [0.25, 0.3) is 0 Å². The summed E-state index contributed by atoms with van der Waals surface area (Å²) in [5, 5.41) is 27.8. The molecule has 0 aliphatic rings. The molecule has 1 unspecified atom stereocenters. The van der Waals surface area contributed by atoms with Crippen LogP contribution in [0.2, 0.25) is 0 Å². The number of ether oxygens (including phenoxy) is 1. The third-order valence-corrected chi connectivity index (χ3v) is 3.64. The maximum absolute atomic E-state index is 10.5. The fraction of sp³-hybridized carbons (Fsp3) is 0.471. The average molecular weight is 319 g/mol. The molecule has 126 valence electrons. The van der Waals surface area contributed by atoms with Crippen molar-refractivity contribution in [1.29, 1.82) is 0 Å². The number of aromatic nitrogens is 2. The van der Waals surface area contributed by atoms with Gasteiger partial charge in [-0.25, -0.2) is 0 Å². The van der Waals surface area contributed by atoms with Crippen LogP contribution in [0.1, 0.15) is 31.4 Å². The maximum Gasteiger partial charge on any atom is 0.123 e. The highest BCUT2D eigenvalue weighted by Gasteiger charge is 2.24. The Morgan fingerprint density at radius 3 is 2.78 bits per heavy atom. The van der Waals surface area contributed by atoms with Crippen molar-refractivity contribution in [2.45, 2.75) is 32.4 Å². The van der Waals surface area contributed by atoms with Crippen LogP contribution in [0.15, 0.2) is 30.6 Å². The Bertz CT molecular complexity index is 638. The summed E-state index contributed by atoms with van der Waals surface area (Å²) in [5.41, 5.74) is 0.490. The zero-order chi connectivity index (χ0) is 16.9. The van der Waals surface area contributed by atoms with Crippen molar-refractivity contribution in [2.75, 3.05) is 13.2 Å². The molecule has 0 bridgehead atoms. The molecule has 1 atom stereocenters. The first-order chi connectivity index (χ1) is 10.9. The Balaban J connectivity index is 1.90. The third kappa shape index (κ3) is 4.71. The van der Waals surface area contributed by atoms with Gasteiger partial charge in [-0.3, -0.25) is 4.68 Å². The van der Waals surface area contributed by atoms with Crippen molar-refractivity contribution in [3.8, 4) is 11.5 Å². The lowest BCUT2D eigenvalue weighted by molar-refractivity contribution is 0.0565. The van der Waals surface area contributed by atoms with Crippen molar-refractivity contribution < 1.29 is 14.9 Å². The van der Waals surface area contributed by atoms with E-state index in [1.165, 1.54) is 0 Å². The minimum Gasteiger partial charge on any atom is -0.507 e. The van der Waals surface area contributed by atoms with Crippen molar-refractivity contribution >= 4 is 0 Å². The molecule has 1 heterocycles. The lowest BCUT2D eigenvalue weighted by Crippen LogP contribution is -2.34. The Kier molecular flexibility index (Phi) is 5.63. The van der Waals surface area contributed by atoms with Gasteiger partial charge in [-0.05, 0) is 19.4 Å². The normalized spacial score (nSPS) is 13.7. The van der Waals surface area contributed by atoms with Gasteiger partial charge < -0.3 is 20.3 Å². The van der Waals surface area contributed by atoms with Gasteiger partial charge in [-0.1, -0.05) is 13.0 Å². The van der Waals surface area contributed by atoms with Gasteiger partial charge in [0.25, 0.3) is 0 Å². The molecule has 1 aromatic heterocycles. The SMILES string of the molecule is CCCOc1ccc(CNCC(C)(O)c2cnn(C)c2)c(O)c1. The van der Waals surface area contributed by atoms with Crippen molar-refractivity contribution in [2.24, 2.45) is 7.05 Å². The van der Waals surface area contributed by atoms with Crippen LogP contribution in [-0.4, -0.2) is 33.1 Å². The van der Waals surface area contributed by atoms with E-state index in [2.05, 4.69) is 10.4 Å². The summed E-state index contributed by atoms with van der Waals surface area (Å²) in [4.78, 5) is 0. The quantitative estimate of drug-likeness (QED) is 0.693. The highest BCUT2D eigenvalue weighted by atomic mass is 16.5. The number of hydrogen-bond acceptors (Lipinski definition) is 5. The standard InChI is InChI=1S/C17H25N3O3/c1-4-7-23-15-6-5-13(16(21)8-15)9-18-12-17(2,22)14-10-19-20(3)11-14/h5-6,8,10-11,18,21-22H,4,7,9,12H2,1-3H3. The first kappa shape index (κ1) is 17.3. The lowest BCUT2D eigenvalue weighted by atomic mass is 9.99. The second-order valence-electron chi connectivity index (χ2n) is 5.92. The number of aryl methyl sites for hydroxylation is 1. The smallest absolute Gasteiger partial charge is 0.123 e. The Morgan fingerprint density at radius 2 is 2.17 bits per heavy atom. The number of phenols is 1. The van der Waals surface area contributed by atoms with Gasteiger partial charge in [-0.2, -0.15) is 5.10 Å². The molecule has 0 amide bonds. The van der Waals surface area contributed by atoms with Crippen LogP contribution in [0, 0.1) is 0 Å². The predicted octanol–water partition coefficient (Wildman–Crippen LogP) is 1.91. The largest absolute Gasteiger partial charge is 0.507 e. The molecule has 2 aromatic rings. The molecule has 23 heavy (non-hydrogen) atoms. The van der Waals surface area contributed by atoms with E-state index in [1.807, 2.05) is 26.1 Å². The zero-order valence-corrected chi connectivity index (χ0v) is 13.9. The number of hydrogen-bond donors (Lipinski definition) is 3. The van der Waals surface area contributed by atoms with Crippen molar-refractivity contribution in [3.63, 3.8) is 0 Å². The first-order valence-electron chi connectivity index (χ1n) is 7.79. The van der Waals surface area contributed by atoms with Crippen LogP contribution in [0.4, 0.5) is 0 Å². The van der Waals surface area contributed by atoms with Gasteiger partial charge in [0, 0.05) is 43.5 Å². The van der Waals surface area contributed by atoms with E-state index in [1.54, 1.807) is 30.1 Å². The molecule has 6 nitrogen and oxygen atoms in total. The highest BCUT2D eigenvalue weighted by Crippen LogP contribution is 2.24. The molecule has 2 rings (SSSR count). The monoisotopic (exact) mass is 319 g/mol. The first-order valence-corrected chi connectivity index (χ1v) is 7.79. The van der Waals surface area contributed by atoms with Crippen LogP contribution >= 0.6 is 0 Å². The van der Waals surface area contributed by atoms with E-state index in [4.69, 9.17) is 4.74 Å². The molecule has 3 N–H and O–H groups in total. The zero-order valence-electron chi connectivity index (χ0n) is 13.9. The summed E-state index contributed by atoms with van der Waals surface area (Å²) >= 11 is 0. The number of nitrogens with zero attached hydrogens (tertiary/aromatic N) is 2. The van der Waals surface area contributed by atoms with E-state index >= 15 is 0 Å². The summed E-state index contributed by atoms with van der Waals surface area (Å²) in [5.74, 6) is 0.850. The fourth-order valence-electron chi connectivity index (χ4n) is 2.24. The van der Waals surface area contributed by atoms with E-state index < -0.39 is 5.60 Å².